The van der Waals surface area contributed by atoms with E-state index in [0.29, 0.717) is 16.3 Å². The highest BCUT2D eigenvalue weighted by Gasteiger charge is 2.40. The molecule has 22 heavy (non-hydrogen) atoms. The van der Waals surface area contributed by atoms with E-state index in [-0.39, 0.29) is 17.2 Å². The molecule has 0 saturated heterocycles. The molecule has 3 rings (SSSR count). The molecule has 2 aromatic rings. The lowest BCUT2D eigenvalue weighted by Crippen LogP contribution is -2.35. The Balaban J connectivity index is 2.39. The van der Waals surface area contributed by atoms with Crippen LogP contribution in [0.2, 0.25) is 0 Å². The summed E-state index contributed by atoms with van der Waals surface area (Å²) in [4.78, 5) is 4.74. The van der Waals surface area contributed by atoms with Crippen molar-refractivity contribution in [1.29, 1.82) is 0 Å². The first-order chi connectivity index (χ1) is 10.4. The number of nitrogens with zero attached hydrogens (tertiary/aromatic N) is 2. The molecule has 2 heterocycles. The van der Waals surface area contributed by atoms with E-state index in [0.717, 1.165) is 10.6 Å². The Hall–Kier alpha value is -1.86. The number of hydrogen-bond acceptors (Lipinski definition) is 5. The van der Waals surface area contributed by atoms with Crippen molar-refractivity contribution in [3.05, 3.63) is 45.3 Å². The third kappa shape index (κ3) is 2.04. The normalized spacial score (nSPS) is 16.8. The number of hydrogen-bond donors (Lipinski definition) is 1. The average molecular weight is 336 g/mol. The van der Waals surface area contributed by atoms with Gasteiger partial charge in [0.1, 0.15) is 9.78 Å². The van der Waals surface area contributed by atoms with Crippen LogP contribution < -0.4 is 4.31 Å². The van der Waals surface area contributed by atoms with Gasteiger partial charge in [-0.15, -0.1) is 11.3 Å². The number of anilines is 1. The molecule has 0 amide bonds. The highest BCUT2D eigenvalue weighted by Crippen LogP contribution is 2.45. The van der Waals surface area contributed by atoms with Gasteiger partial charge in [-0.1, -0.05) is 24.3 Å². The predicted molar refractivity (Wildman–Crippen MR) is 89.4 cm³/mol. The van der Waals surface area contributed by atoms with Crippen LogP contribution in [0.5, 0.6) is 0 Å². The first kappa shape index (κ1) is 15.1. The maximum absolute atomic E-state index is 13.0. The van der Waals surface area contributed by atoms with Crippen LogP contribution in [-0.4, -0.2) is 25.1 Å². The first-order valence-corrected chi connectivity index (χ1v) is 9.13. The zero-order valence-electron chi connectivity index (χ0n) is 12.5. The number of rotatable bonds is 2. The molecule has 5 nitrogen and oxygen atoms in total. The Morgan fingerprint density at radius 1 is 1.27 bits per heavy atom. The smallest absolute Gasteiger partial charge is 0.269 e. The van der Waals surface area contributed by atoms with Crippen LogP contribution in [0.15, 0.2) is 24.3 Å². The molecule has 1 aliphatic heterocycles. The largest absolute Gasteiger partial charge is 0.505 e. The van der Waals surface area contributed by atoms with Crippen molar-refractivity contribution in [3.63, 3.8) is 0 Å². The molecule has 0 aliphatic carbocycles. The Morgan fingerprint density at radius 2 is 1.95 bits per heavy atom. The van der Waals surface area contributed by atoms with Gasteiger partial charge in [-0.3, -0.25) is 0 Å². The highest BCUT2D eigenvalue weighted by molar-refractivity contribution is 8.02. The van der Waals surface area contributed by atoms with E-state index in [1.165, 1.54) is 15.6 Å². The standard InChI is InChI=1S/C15H16N2O3S2/c1-4-17-15-13(21-10(3)16-15)12(18)14(22(17,19)20)11-8-6-5-7-9(11)2/h5-8,18H,4H2,1-3H3. The molecule has 116 valence electrons. The number of thiazole rings is 1. The van der Waals surface area contributed by atoms with Crippen molar-refractivity contribution in [1.82, 2.24) is 4.98 Å². The third-order valence-electron chi connectivity index (χ3n) is 3.61. The Labute approximate surface area is 133 Å². The van der Waals surface area contributed by atoms with E-state index >= 15 is 0 Å². The Bertz CT molecular complexity index is 882. The fourth-order valence-electron chi connectivity index (χ4n) is 2.60. The fourth-order valence-corrected chi connectivity index (χ4v) is 5.37. The van der Waals surface area contributed by atoms with Gasteiger partial charge in [-0.05, 0) is 26.3 Å². The van der Waals surface area contributed by atoms with Crippen LogP contribution >= 0.6 is 11.3 Å². The monoisotopic (exact) mass is 336 g/mol. The van der Waals surface area contributed by atoms with E-state index in [1.807, 2.05) is 19.1 Å². The maximum atomic E-state index is 13.0. The predicted octanol–water partition coefficient (Wildman–Crippen LogP) is 3.31. The number of sulfonamides is 1. The number of aryl methyl sites for hydroxylation is 2. The van der Waals surface area contributed by atoms with Gasteiger partial charge in [-0.2, -0.15) is 0 Å². The molecule has 1 N–H and O–H groups in total. The van der Waals surface area contributed by atoms with Crippen molar-refractivity contribution in [3.8, 4) is 0 Å². The number of fused-ring (bicyclic) bond motifs is 1. The van der Waals surface area contributed by atoms with E-state index in [1.54, 1.807) is 26.0 Å². The van der Waals surface area contributed by atoms with Crippen molar-refractivity contribution in [2.75, 3.05) is 10.8 Å². The zero-order valence-corrected chi connectivity index (χ0v) is 14.1. The van der Waals surface area contributed by atoms with E-state index in [9.17, 15) is 13.5 Å². The van der Waals surface area contributed by atoms with Crippen molar-refractivity contribution < 1.29 is 13.5 Å². The topological polar surface area (TPSA) is 70.5 Å². The Kier molecular flexibility index (Phi) is 3.49. The molecule has 0 unspecified atom stereocenters. The third-order valence-corrected chi connectivity index (χ3v) is 6.51. The van der Waals surface area contributed by atoms with Gasteiger partial charge in [0.15, 0.2) is 11.6 Å². The number of aromatic nitrogens is 1. The van der Waals surface area contributed by atoms with Gasteiger partial charge in [-0.25, -0.2) is 17.7 Å². The summed E-state index contributed by atoms with van der Waals surface area (Å²) >= 11 is 1.30. The van der Waals surface area contributed by atoms with E-state index in [4.69, 9.17) is 0 Å². The van der Waals surface area contributed by atoms with Gasteiger partial charge in [0.2, 0.25) is 0 Å². The van der Waals surface area contributed by atoms with Crippen LogP contribution in [0.1, 0.15) is 27.9 Å². The number of aliphatic hydroxyl groups is 1. The summed E-state index contributed by atoms with van der Waals surface area (Å²) in [5, 5.41) is 11.3. The minimum Gasteiger partial charge on any atom is -0.505 e. The van der Waals surface area contributed by atoms with Crippen molar-refractivity contribution in [2.45, 2.75) is 20.8 Å². The fraction of sp³-hybridized carbons (Fsp3) is 0.267. The molecule has 0 bridgehead atoms. The summed E-state index contributed by atoms with van der Waals surface area (Å²) in [5.74, 6) is 0.111. The van der Waals surface area contributed by atoms with Crippen molar-refractivity contribution >= 4 is 37.8 Å². The number of aliphatic hydroxyl groups excluding tert-OH is 1. The molecule has 1 aliphatic rings. The minimum absolute atomic E-state index is 0.0383. The van der Waals surface area contributed by atoms with Crippen LogP contribution in [0.3, 0.4) is 0 Å². The molecule has 0 atom stereocenters. The summed E-state index contributed by atoms with van der Waals surface area (Å²) in [6, 6.07) is 7.15. The molecule has 0 fully saturated rings. The lowest BCUT2D eigenvalue weighted by molar-refractivity contribution is 0.514. The summed E-state index contributed by atoms with van der Waals surface area (Å²) in [6.07, 6.45) is 0. The summed E-state index contributed by atoms with van der Waals surface area (Å²) in [7, 11) is -3.83. The minimum atomic E-state index is -3.83. The molecular formula is C15H16N2O3S2. The van der Waals surface area contributed by atoms with Crippen LogP contribution in [0.4, 0.5) is 5.82 Å². The first-order valence-electron chi connectivity index (χ1n) is 6.87. The Morgan fingerprint density at radius 3 is 2.59 bits per heavy atom. The van der Waals surface area contributed by atoms with E-state index in [2.05, 4.69) is 4.98 Å². The molecule has 1 aromatic carbocycles. The second-order valence-electron chi connectivity index (χ2n) is 5.05. The molecule has 1 aromatic heterocycles. The highest BCUT2D eigenvalue weighted by atomic mass is 32.2. The van der Waals surface area contributed by atoms with Crippen LogP contribution in [0, 0.1) is 13.8 Å². The van der Waals surface area contributed by atoms with Crippen molar-refractivity contribution in [2.24, 2.45) is 0 Å². The zero-order chi connectivity index (χ0) is 16.1. The molecular weight excluding hydrogens is 320 g/mol. The quantitative estimate of drug-likeness (QED) is 0.913. The maximum Gasteiger partial charge on any atom is 0.269 e. The van der Waals surface area contributed by atoms with Gasteiger partial charge < -0.3 is 5.11 Å². The number of benzene rings is 1. The average Bonchev–Trinajstić information content (AvgIpc) is 2.82. The second kappa shape index (κ2) is 5.10. The summed E-state index contributed by atoms with van der Waals surface area (Å²) in [6.45, 7) is 5.65. The van der Waals surface area contributed by atoms with Crippen LogP contribution in [-0.2, 0) is 10.0 Å². The molecule has 0 spiro atoms. The van der Waals surface area contributed by atoms with Gasteiger partial charge in [0, 0.05) is 12.1 Å². The molecule has 0 radical (unpaired) electrons. The SMILES string of the molecule is CCN1c2nc(C)sc2C(O)=C(c2ccccc2C)S1(=O)=O. The summed E-state index contributed by atoms with van der Waals surface area (Å²) < 4.78 is 27.2. The van der Waals surface area contributed by atoms with Gasteiger partial charge >= 0.3 is 0 Å². The van der Waals surface area contributed by atoms with E-state index < -0.39 is 10.0 Å². The molecule has 7 heteroatoms. The lowest BCUT2D eigenvalue weighted by atomic mass is 10.1. The van der Waals surface area contributed by atoms with Gasteiger partial charge in [0.25, 0.3) is 10.0 Å². The second-order valence-corrected chi connectivity index (χ2v) is 8.05. The van der Waals surface area contributed by atoms with Crippen LogP contribution in [0.25, 0.3) is 10.7 Å². The summed E-state index contributed by atoms with van der Waals surface area (Å²) in [5.41, 5.74) is 1.32. The van der Waals surface area contributed by atoms with Gasteiger partial charge in [0.05, 0.1) is 5.01 Å². The molecule has 0 saturated carbocycles. The lowest BCUT2D eigenvalue weighted by Gasteiger charge is -2.28.